The van der Waals surface area contributed by atoms with Gasteiger partial charge in [0, 0.05) is 26.7 Å². The first-order chi connectivity index (χ1) is 9.53. The van der Waals surface area contributed by atoms with Gasteiger partial charge in [-0.15, -0.1) is 0 Å². The fourth-order valence-electron chi connectivity index (χ4n) is 2.79. The number of urea groups is 1. The van der Waals surface area contributed by atoms with Gasteiger partial charge < -0.3 is 20.1 Å². The van der Waals surface area contributed by atoms with Gasteiger partial charge in [-0.25, -0.2) is 4.79 Å². The summed E-state index contributed by atoms with van der Waals surface area (Å²) in [5.41, 5.74) is -0.738. The number of nitrogens with one attached hydrogen (secondary N) is 1. The van der Waals surface area contributed by atoms with Crippen LogP contribution in [0.2, 0.25) is 0 Å². The first-order valence-corrected chi connectivity index (χ1v) is 7.37. The highest BCUT2D eigenvalue weighted by Gasteiger charge is 2.44. The van der Waals surface area contributed by atoms with E-state index >= 15 is 0 Å². The topological polar surface area (TPSA) is 78.9 Å². The predicted molar refractivity (Wildman–Crippen MR) is 73.5 cm³/mol. The molecule has 0 aromatic carbocycles. The molecule has 0 aromatic rings. The molecule has 1 heterocycles. The number of aliphatic carboxylic acids is 1. The fraction of sp³-hybridized carbons (Fsp3) is 0.857. The van der Waals surface area contributed by atoms with E-state index in [1.54, 1.807) is 11.9 Å². The first kappa shape index (κ1) is 15.1. The third-order valence-electron chi connectivity index (χ3n) is 4.44. The van der Waals surface area contributed by atoms with E-state index in [1.807, 2.05) is 0 Å². The number of carbonyl (C=O) groups excluding carboxylic acids is 1. The molecule has 114 valence electrons. The van der Waals surface area contributed by atoms with Crippen LogP contribution in [0.25, 0.3) is 0 Å². The van der Waals surface area contributed by atoms with Crippen molar-refractivity contribution in [1.29, 1.82) is 0 Å². The Morgan fingerprint density at radius 1 is 1.35 bits per heavy atom. The standard InChI is InChI=1S/C14H24N2O4/c1-16(9-11-5-2-3-8-20-11)13(19)15-10-14(12(17)18)6-4-7-14/h11H,2-10H2,1H3,(H,15,19)(H,17,18). The molecule has 6 heteroatoms. The average Bonchev–Trinajstić information content (AvgIpc) is 2.37. The first-order valence-electron chi connectivity index (χ1n) is 7.37. The number of carboxylic acids is 1. The molecule has 2 fully saturated rings. The zero-order valence-electron chi connectivity index (χ0n) is 12.1. The van der Waals surface area contributed by atoms with Gasteiger partial charge in [-0.05, 0) is 32.1 Å². The highest BCUT2D eigenvalue weighted by atomic mass is 16.5. The molecule has 1 saturated heterocycles. The molecule has 1 saturated carbocycles. The molecular formula is C14H24N2O4. The van der Waals surface area contributed by atoms with Gasteiger partial charge >= 0.3 is 12.0 Å². The number of nitrogens with zero attached hydrogens (tertiary/aromatic N) is 1. The van der Waals surface area contributed by atoms with Gasteiger partial charge in [-0.2, -0.15) is 0 Å². The lowest BCUT2D eigenvalue weighted by Crippen LogP contribution is -2.51. The molecule has 2 amide bonds. The summed E-state index contributed by atoms with van der Waals surface area (Å²) in [5.74, 6) is -0.803. The lowest BCUT2D eigenvalue weighted by atomic mass is 9.69. The van der Waals surface area contributed by atoms with Crippen LogP contribution in [0, 0.1) is 5.41 Å². The van der Waals surface area contributed by atoms with E-state index < -0.39 is 11.4 Å². The van der Waals surface area contributed by atoms with Crippen LogP contribution in [0.5, 0.6) is 0 Å². The van der Waals surface area contributed by atoms with E-state index in [4.69, 9.17) is 4.74 Å². The SMILES string of the molecule is CN(CC1CCCCO1)C(=O)NCC1(C(=O)O)CCC1. The van der Waals surface area contributed by atoms with Crippen LogP contribution in [0.1, 0.15) is 38.5 Å². The number of hydrogen-bond acceptors (Lipinski definition) is 3. The largest absolute Gasteiger partial charge is 0.481 e. The van der Waals surface area contributed by atoms with E-state index in [9.17, 15) is 14.7 Å². The van der Waals surface area contributed by atoms with Crippen molar-refractivity contribution >= 4 is 12.0 Å². The summed E-state index contributed by atoms with van der Waals surface area (Å²) in [6.07, 6.45) is 5.55. The molecule has 0 radical (unpaired) electrons. The average molecular weight is 284 g/mol. The fourth-order valence-corrected chi connectivity index (χ4v) is 2.79. The molecule has 0 spiro atoms. The molecule has 1 aliphatic carbocycles. The van der Waals surface area contributed by atoms with Gasteiger partial charge in [0.05, 0.1) is 11.5 Å². The van der Waals surface area contributed by atoms with Crippen LogP contribution in [0.15, 0.2) is 0 Å². The second-order valence-corrected chi connectivity index (χ2v) is 5.97. The smallest absolute Gasteiger partial charge is 0.317 e. The van der Waals surface area contributed by atoms with E-state index in [-0.39, 0.29) is 18.7 Å². The minimum Gasteiger partial charge on any atom is -0.481 e. The molecule has 6 nitrogen and oxygen atoms in total. The summed E-state index contributed by atoms with van der Waals surface area (Å²) in [6, 6.07) is -0.216. The van der Waals surface area contributed by atoms with Gasteiger partial charge in [0.1, 0.15) is 0 Å². The highest BCUT2D eigenvalue weighted by molar-refractivity contribution is 5.78. The quantitative estimate of drug-likeness (QED) is 0.801. The van der Waals surface area contributed by atoms with Gasteiger partial charge in [0.25, 0.3) is 0 Å². The molecule has 0 bridgehead atoms. The molecule has 1 unspecified atom stereocenters. The van der Waals surface area contributed by atoms with Crippen molar-refractivity contribution in [3.8, 4) is 0 Å². The predicted octanol–water partition coefficient (Wildman–Crippen LogP) is 1.45. The Morgan fingerprint density at radius 3 is 2.60 bits per heavy atom. The summed E-state index contributed by atoms with van der Waals surface area (Å²) in [6.45, 7) is 1.55. The Labute approximate surface area is 119 Å². The van der Waals surface area contributed by atoms with Gasteiger partial charge in [-0.3, -0.25) is 4.79 Å². The second-order valence-electron chi connectivity index (χ2n) is 5.97. The second kappa shape index (κ2) is 6.43. The zero-order chi connectivity index (χ0) is 14.6. The van der Waals surface area contributed by atoms with Crippen molar-refractivity contribution < 1.29 is 19.4 Å². The third-order valence-corrected chi connectivity index (χ3v) is 4.44. The van der Waals surface area contributed by atoms with E-state index in [2.05, 4.69) is 5.32 Å². The van der Waals surface area contributed by atoms with Crippen LogP contribution in [-0.2, 0) is 9.53 Å². The monoisotopic (exact) mass is 284 g/mol. The van der Waals surface area contributed by atoms with E-state index in [0.717, 1.165) is 32.3 Å². The Kier molecular flexibility index (Phi) is 4.86. The van der Waals surface area contributed by atoms with Crippen LogP contribution < -0.4 is 5.32 Å². The van der Waals surface area contributed by atoms with Gasteiger partial charge in [0.15, 0.2) is 0 Å². The lowest BCUT2D eigenvalue weighted by molar-refractivity contribution is -0.153. The third kappa shape index (κ3) is 3.42. The van der Waals surface area contributed by atoms with Crippen molar-refractivity contribution in [2.24, 2.45) is 5.41 Å². The molecule has 1 aliphatic heterocycles. The number of ether oxygens (including phenoxy) is 1. The Balaban J connectivity index is 1.74. The number of likely N-dealkylation sites (N-methyl/N-ethyl adjacent to an activating group) is 1. The van der Waals surface area contributed by atoms with Crippen molar-refractivity contribution in [3.63, 3.8) is 0 Å². The zero-order valence-corrected chi connectivity index (χ0v) is 12.1. The number of carboxylic acid groups (broad SMARTS) is 1. The number of carbonyl (C=O) groups is 2. The molecular weight excluding hydrogens is 260 g/mol. The van der Waals surface area contributed by atoms with Crippen molar-refractivity contribution in [2.75, 3.05) is 26.7 Å². The summed E-state index contributed by atoms with van der Waals surface area (Å²) in [4.78, 5) is 24.8. The maximum absolute atomic E-state index is 12.0. The van der Waals surface area contributed by atoms with Crippen molar-refractivity contribution in [2.45, 2.75) is 44.6 Å². The van der Waals surface area contributed by atoms with Crippen molar-refractivity contribution in [3.05, 3.63) is 0 Å². The summed E-state index contributed by atoms with van der Waals surface area (Å²) in [7, 11) is 1.72. The maximum atomic E-state index is 12.0. The van der Waals surface area contributed by atoms with Crippen LogP contribution in [0.3, 0.4) is 0 Å². The normalized spacial score (nSPS) is 24.6. The minimum absolute atomic E-state index is 0.108. The summed E-state index contributed by atoms with van der Waals surface area (Å²) >= 11 is 0. The van der Waals surface area contributed by atoms with Gasteiger partial charge in [0.2, 0.25) is 0 Å². The summed E-state index contributed by atoms with van der Waals surface area (Å²) in [5, 5.41) is 12.0. The number of rotatable bonds is 5. The van der Waals surface area contributed by atoms with Crippen LogP contribution >= 0.6 is 0 Å². The molecule has 2 N–H and O–H groups in total. The molecule has 2 aliphatic rings. The lowest BCUT2D eigenvalue weighted by Gasteiger charge is -2.38. The number of hydrogen-bond donors (Lipinski definition) is 2. The Hall–Kier alpha value is -1.30. The van der Waals surface area contributed by atoms with E-state index in [1.165, 1.54) is 0 Å². The Morgan fingerprint density at radius 2 is 2.10 bits per heavy atom. The van der Waals surface area contributed by atoms with Crippen LogP contribution in [0.4, 0.5) is 4.79 Å². The molecule has 2 rings (SSSR count). The number of amides is 2. The maximum Gasteiger partial charge on any atom is 0.317 e. The molecule has 20 heavy (non-hydrogen) atoms. The minimum atomic E-state index is -0.803. The molecule has 1 atom stereocenters. The van der Waals surface area contributed by atoms with E-state index in [0.29, 0.717) is 19.4 Å². The Bertz CT molecular complexity index is 362. The summed E-state index contributed by atoms with van der Waals surface area (Å²) < 4.78 is 5.60. The van der Waals surface area contributed by atoms with Crippen molar-refractivity contribution in [1.82, 2.24) is 10.2 Å². The van der Waals surface area contributed by atoms with Crippen LogP contribution in [-0.4, -0.2) is 54.9 Å². The highest BCUT2D eigenvalue weighted by Crippen LogP contribution is 2.40. The molecule has 0 aromatic heterocycles. The van der Waals surface area contributed by atoms with Gasteiger partial charge in [-0.1, -0.05) is 6.42 Å².